The zero-order chi connectivity index (χ0) is 20.1. The summed E-state index contributed by atoms with van der Waals surface area (Å²) < 4.78 is 10.5. The van der Waals surface area contributed by atoms with E-state index in [1.54, 1.807) is 19.9 Å². The van der Waals surface area contributed by atoms with Gasteiger partial charge in [-0.25, -0.2) is 4.79 Å². The fourth-order valence-corrected chi connectivity index (χ4v) is 2.58. The van der Waals surface area contributed by atoms with Crippen LogP contribution in [0.5, 0.6) is 11.5 Å². The summed E-state index contributed by atoms with van der Waals surface area (Å²) in [7, 11) is 1.42. The molecule has 0 amide bonds. The summed E-state index contributed by atoms with van der Waals surface area (Å²) in [5.41, 5.74) is 0.301. The summed E-state index contributed by atoms with van der Waals surface area (Å²) in [5.74, 6) is -1.63. The number of cyclic esters (lactones) is 1. The summed E-state index contributed by atoms with van der Waals surface area (Å²) in [6, 6.07) is 2.85. The smallest absolute Gasteiger partial charge is 0.342 e. The molecule has 0 radical (unpaired) electrons. The molecule has 2 unspecified atom stereocenters. The molecule has 0 aromatic heterocycles. The Kier molecular flexibility index (Phi) is 6.76. The van der Waals surface area contributed by atoms with Gasteiger partial charge in [-0.05, 0) is 31.1 Å². The third kappa shape index (κ3) is 4.96. The van der Waals surface area contributed by atoms with E-state index in [4.69, 9.17) is 9.47 Å². The zero-order valence-corrected chi connectivity index (χ0v) is 15.5. The molecule has 3 N–H and O–H groups in total. The number of hydrogen-bond donors (Lipinski definition) is 3. The van der Waals surface area contributed by atoms with Gasteiger partial charge in [0.05, 0.1) is 13.2 Å². The first-order chi connectivity index (χ1) is 12.7. The Balaban J connectivity index is 2.50. The van der Waals surface area contributed by atoms with Crippen molar-refractivity contribution in [1.82, 2.24) is 0 Å². The topological polar surface area (TPSA) is 113 Å². The number of ether oxygens (including phenoxy) is 2. The van der Waals surface area contributed by atoms with Crippen molar-refractivity contribution in [3.05, 3.63) is 41.5 Å². The molecule has 1 heterocycles. The van der Waals surface area contributed by atoms with Crippen LogP contribution in [-0.4, -0.2) is 52.5 Å². The summed E-state index contributed by atoms with van der Waals surface area (Å²) in [5, 5.41) is 30.2. The van der Waals surface area contributed by atoms with E-state index in [9.17, 15) is 24.9 Å². The molecule has 0 aliphatic carbocycles. The van der Waals surface area contributed by atoms with E-state index in [0.717, 1.165) is 0 Å². The molecule has 0 bridgehead atoms. The number of aliphatic hydroxyl groups excluding tert-OH is 2. The molecule has 7 heteroatoms. The van der Waals surface area contributed by atoms with Gasteiger partial charge >= 0.3 is 5.97 Å². The van der Waals surface area contributed by atoms with Gasteiger partial charge in [-0.2, -0.15) is 0 Å². The van der Waals surface area contributed by atoms with E-state index < -0.39 is 30.1 Å². The monoisotopic (exact) mass is 376 g/mol. The quantitative estimate of drug-likeness (QED) is 0.641. The average Bonchev–Trinajstić information content (AvgIpc) is 2.63. The Hall–Kier alpha value is -2.64. The van der Waals surface area contributed by atoms with E-state index >= 15 is 0 Å². The van der Waals surface area contributed by atoms with Crippen LogP contribution in [0.25, 0.3) is 6.08 Å². The van der Waals surface area contributed by atoms with Crippen LogP contribution in [0.4, 0.5) is 0 Å². The molecule has 1 aliphatic rings. The first kappa shape index (κ1) is 20.7. The van der Waals surface area contributed by atoms with Crippen molar-refractivity contribution < 1.29 is 34.4 Å². The largest absolute Gasteiger partial charge is 0.507 e. The van der Waals surface area contributed by atoms with Crippen molar-refractivity contribution >= 4 is 17.8 Å². The van der Waals surface area contributed by atoms with Gasteiger partial charge in [0.2, 0.25) is 0 Å². The predicted molar refractivity (Wildman–Crippen MR) is 98.5 cm³/mol. The Morgan fingerprint density at radius 1 is 1.15 bits per heavy atom. The van der Waals surface area contributed by atoms with Gasteiger partial charge in [-0.3, -0.25) is 4.79 Å². The van der Waals surface area contributed by atoms with Crippen LogP contribution in [0, 0.1) is 5.92 Å². The standard InChI is InChI=1S/C20H24O7/c1-11-7-8-16(22)19(24)15(21)6-4-5-13-9-14(26-3)10-17(23)18(13)20(25)27-12(11)2/h4-5,7-12,15,19,21,23-24H,6H2,1-3H3/b5-4+,8-7-/t11-,12+,15?,19?/m1/s1. The lowest BCUT2D eigenvalue weighted by molar-refractivity contribution is -0.127. The Labute approximate surface area is 157 Å². The maximum atomic E-state index is 12.6. The summed E-state index contributed by atoms with van der Waals surface area (Å²) in [6.45, 7) is 3.40. The van der Waals surface area contributed by atoms with Crippen molar-refractivity contribution in [2.75, 3.05) is 7.11 Å². The summed E-state index contributed by atoms with van der Waals surface area (Å²) in [6.07, 6.45) is 2.19. The van der Waals surface area contributed by atoms with Crippen molar-refractivity contribution in [3.63, 3.8) is 0 Å². The molecule has 2 rings (SSSR count). The molecular formula is C20H24O7. The molecule has 1 aliphatic heterocycles. The van der Waals surface area contributed by atoms with Crippen LogP contribution < -0.4 is 4.74 Å². The lowest BCUT2D eigenvalue weighted by Gasteiger charge is -2.20. The predicted octanol–water partition coefficient (Wildman–Crippen LogP) is 1.85. The van der Waals surface area contributed by atoms with Crippen LogP contribution >= 0.6 is 0 Å². The number of methoxy groups -OCH3 is 1. The number of carbonyl (C=O) groups is 2. The fourth-order valence-electron chi connectivity index (χ4n) is 2.58. The van der Waals surface area contributed by atoms with E-state index in [1.165, 1.54) is 37.5 Å². The highest BCUT2D eigenvalue weighted by Crippen LogP contribution is 2.30. The van der Waals surface area contributed by atoms with Gasteiger partial charge < -0.3 is 24.8 Å². The maximum Gasteiger partial charge on any atom is 0.342 e. The van der Waals surface area contributed by atoms with Crippen LogP contribution in [0.2, 0.25) is 0 Å². The SMILES string of the molecule is COc1cc(O)c2c(c1)/C=C/CC(O)C(O)C(=O)/C=C\[C@@H](C)[C@H](C)OC2=O. The number of carbonyl (C=O) groups excluding carboxylic acids is 2. The number of hydrogen-bond acceptors (Lipinski definition) is 7. The third-order valence-corrected chi connectivity index (χ3v) is 4.49. The molecule has 27 heavy (non-hydrogen) atoms. The summed E-state index contributed by atoms with van der Waals surface area (Å²) in [4.78, 5) is 24.6. The number of phenols is 1. The van der Waals surface area contributed by atoms with Gasteiger partial charge in [0.25, 0.3) is 0 Å². The zero-order valence-electron chi connectivity index (χ0n) is 15.5. The number of ketones is 1. The van der Waals surface area contributed by atoms with E-state index in [0.29, 0.717) is 11.3 Å². The number of aromatic hydroxyl groups is 1. The van der Waals surface area contributed by atoms with Gasteiger partial charge in [0, 0.05) is 12.0 Å². The van der Waals surface area contributed by atoms with E-state index in [-0.39, 0.29) is 23.7 Å². The maximum absolute atomic E-state index is 12.6. The molecule has 0 fully saturated rings. The Morgan fingerprint density at radius 3 is 2.52 bits per heavy atom. The molecule has 4 atom stereocenters. The summed E-state index contributed by atoms with van der Waals surface area (Å²) >= 11 is 0. The highest BCUT2D eigenvalue weighted by molar-refractivity contribution is 5.97. The Morgan fingerprint density at radius 2 is 1.85 bits per heavy atom. The average molecular weight is 376 g/mol. The highest BCUT2D eigenvalue weighted by atomic mass is 16.5. The van der Waals surface area contributed by atoms with Gasteiger partial charge in [-0.15, -0.1) is 0 Å². The van der Waals surface area contributed by atoms with Crippen LogP contribution in [0.15, 0.2) is 30.4 Å². The van der Waals surface area contributed by atoms with Gasteiger partial charge in [0.1, 0.15) is 29.3 Å². The number of aliphatic hydroxyl groups is 2. The second kappa shape index (κ2) is 8.83. The minimum Gasteiger partial charge on any atom is -0.507 e. The number of benzene rings is 1. The second-order valence-electron chi connectivity index (χ2n) is 6.49. The second-order valence-corrected chi connectivity index (χ2v) is 6.49. The normalized spacial score (nSPS) is 29.2. The molecular weight excluding hydrogens is 352 g/mol. The Bertz CT molecular complexity index is 766. The minimum atomic E-state index is -1.56. The van der Waals surface area contributed by atoms with Crippen LogP contribution in [0.1, 0.15) is 36.2 Å². The molecule has 7 nitrogen and oxygen atoms in total. The first-order valence-electron chi connectivity index (χ1n) is 8.61. The molecule has 0 saturated carbocycles. The van der Waals surface area contributed by atoms with Crippen molar-refractivity contribution in [2.24, 2.45) is 5.92 Å². The highest BCUT2D eigenvalue weighted by Gasteiger charge is 2.25. The van der Waals surface area contributed by atoms with Crippen molar-refractivity contribution in [3.8, 4) is 11.5 Å². The number of fused-ring (bicyclic) bond motifs is 1. The fraction of sp³-hybridized carbons (Fsp3) is 0.400. The van der Waals surface area contributed by atoms with Gasteiger partial charge in [0.15, 0.2) is 5.78 Å². The number of rotatable bonds is 1. The lowest BCUT2D eigenvalue weighted by atomic mass is 9.99. The first-order valence-corrected chi connectivity index (χ1v) is 8.61. The van der Waals surface area contributed by atoms with Crippen LogP contribution in [0.3, 0.4) is 0 Å². The molecule has 1 aromatic carbocycles. The van der Waals surface area contributed by atoms with E-state index in [2.05, 4.69) is 0 Å². The van der Waals surface area contributed by atoms with Crippen molar-refractivity contribution in [2.45, 2.75) is 38.6 Å². The van der Waals surface area contributed by atoms with Crippen molar-refractivity contribution in [1.29, 1.82) is 0 Å². The number of phenolic OH excluding ortho intramolecular Hbond substituents is 1. The minimum absolute atomic E-state index is 0.0286. The number of esters is 1. The molecule has 0 saturated heterocycles. The van der Waals surface area contributed by atoms with Crippen LogP contribution in [-0.2, 0) is 9.53 Å². The lowest BCUT2D eigenvalue weighted by Crippen LogP contribution is -2.32. The van der Waals surface area contributed by atoms with Gasteiger partial charge in [-0.1, -0.05) is 25.2 Å². The molecule has 146 valence electrons. The van der Waals surface area contributed by atoms with E-state index in [1.807, 2.05) is 0 Å². The third-order valence-electron chi connectivity index (χ3n) is 4.49. The molecule has 1 aromatic rings. The molecule has 0 spiro atoms.